The first-order chi connectivity index (χ1) is 8.88. The van der Waals surface area contributed by atoms with Crippen molar-refractivity contribution in [2.24, 2.45) is 5.92 Å². The van der Waals surface area contributed by atoms with E-state index in [9.17, 15) is 5.11 Å². The van der Waals surface area contributed by atoms with E-state index in [0.717, 1.165) is 41.7 Å². The van der Waals surface area contributed by atoms with Crippen LogP contribution in [0.15, 0.2) is 30.5 Å². The highest BCUT2D eigenvalue weighted by molar-refractivity contribution is 5.38. The van der Waals surface area contributed by atoms with E-state index in [2.05, 4.69) is 45.7 Å². The maximum atomic E-state index is 11.4. The Morgan fingerprint density at radius 2 is 1.84 bits per heavy atom. The number of nitrogens with zero attached hydrogens (tertiary/aromatic N) is 1. The standard InChI is InChI=1S/C17H24NO/c1-12-5-6-16(11-13(12)2)17(19)14(3)18(4)9-7-15(17)8-10-18/h5-6,11,15,19H,3,7-10H2,1-2,4H3/q+1/t15?,17-,18?/m0/s1. The van der Waals surface area contributed by atoms with Crippen LogP contribution in [-0.4, -0.2) is 29.7 Å². The smallest absolute Gasteiger partial charge is 0.166 e. The summed E-state index contributed by atoms with van der Waals surface area (Å²) in [7, 11) is 2.21. The molecule has 4 rings (SSSR count). The van der Waals surface area contributed by atoms with Gasteiger partial charge < -0.3 is 5.11 Å². The van der Waals surface area contributed by atoms with Crippen molar-refractivity contribution in [3.05, 3.63) is 47.2 Å². The van der Waals surface area contributed by atoms with E-state index in [1.807, 2.05) is 0 Å². The molecule has 3 aliphatic rings. The van der Waals surface area contributed by atoms with Gasteiger partial charge in [0.05, 0.1) is 20.1 Å². The van der Waals surface area contributed by atoms with Gasteiger partial charge >= 0.3 is 0 Å². The first kappa shape index (κ1) is 12.9. The predicted octanol–water partition coefficient (Wildman–Crippen LogP) is 2.87. The number of hydrogen-bond acceptors (Lipinski definition) is 1. The van der Waals surface area contributed by atoms with Crippen molar-refractivity contribution in [3.8, 4) is 0 Å². The highest BCUT2D eigenvalue weighted by Gasteiger charge is 2.57. The third kappa shape index (κ3) is 1.63. The lowest BCUT2D eigenvalue weighted by Crippen LogP contribution is -2.63. The van der Waals surface area contributed by atoms with Crippen LogP contribution in [0.1, 0.15) is 29.5 Å². The van der Waals surface area contributed by atoms with Crippen LogP contribution in [0.25, 0.3) is 0 Å². The summed E-state index contributed by atoms with van der Waals surface area (Å²) < 4.78 is 0.833. The van der Waals surface area contributed by atoms with Crippen molar-refractivity contribution in [1.82, 2.24) is 0 Å². The first-order valence-corrected chi connectivity index (χ1v) is 7.22. The van der Waals surface area contributed by atoms with E-state index in [-0.39, 0.29) is 0 Å². The maximum Gasteiger partial charge on any atom is 0.166 e. The van der Waals surface area contributed by atoms with E-state index in [4.69, 9.17) is 0 Å². The van der Waals surface area contributed by atoms with Gasteiger partial charge in [-0.1, -0.05) is 18.2 Å². The fourth-order valence-corrected chi connectivity index (χ4v) is 3.85. The van der Waals surface area contributed by atoms with Crippen LogP contribution in [0, 0.1) is 19.8 Å². The maximum absolute atomic E-state index is 11.4. The lowest BCUT2D eigenvalue weighted by atomic mass is 9.68. The monoisotopic (exact) mass is 258 g/mol. The number of quaternary nitrogens is 1. The van der Waals surface area contributed by atoms with Gasteiger partial charge in [0.15, 0.2) is 5.60 Å². The zero-order valence-corrected chi connectivity index (χ0v) is 12.2. The van der Waals surface area contributed by atoms with Crippen molar-refractivity contribution in [2.45, 2.75) is 32.3 Å². The fraction of sp³-hybridized carbons (Fsp3) is 0.529. The summed E-state index contributed by atoms with van der Waals surface area (Å²) in [5, 5.41) is 11.4. The van der Waals surface area contributed by atoms with Crippen LogP contribution < -0.4 is 0 Å². The summed E-state index contributed by atoms with van der Waals surface area (Å²) in [5.41, 5.74) is 3.72. The van der Waals surface area contributed by atoms with Crippen molar-refractivity contribution < 1.29 is 9.59 Å². The average Bonchev–Trinajstić information content (AvgIpc) is 2.39. The first-order valence-electron chi connectivity index (χ1n) is 7.22. The van der Waals surface area contributed by atoms with E-state index in [1.54, 1.807) is 0 Å². The zero-order valence-electron chi connectivity index (χ0n) is 12.2. The number of fused-ring (bicyclic) bond motifs is 3. The molecule has 3 fully saturated rings. The zero-order chi connectivity index (χ0) is 13.8. The molecule has 102 valence electrons. The molecule has 2 nitrogen and oxygen atoms in total. The van der Waals surface area contributed by atoms with Crippen molar-refractivity contribution in [3.63, 3.8) is 0 Å². The van der Waals surface area contributed by atoms with Gasteiger partial charge in [0, 0.05) is 18.8 Å². The highest BCUT2D eigenvalue weighted by Crippen LogP contribution is 2.51. The third-order valence-corrected chi connectivity index (χ3v) is 5.57. The minimum atomic E-state index is -0.830. The van der Waals surface area contributed by atoms with Crippen molar-refractivity contribution >= 4 is 0 Å². The quantitative estimate of drug-likeness (QED) is 0.768. The summed E-state index contributed by atoms with van der Waals surface area (Å²) in [4.78, 5) is 0. The number of likely N-dealkylation sites (N-methyl/N-ethyl adjacent to an activating group) is 1. The van der Waals surface area contributed by atoms with Gasteiger partial charge in [0.1, 0.15) is 5.70 Å². The van der Waals surface area contributed by atoms with Crippen LogP contribution in [-0.2, 0) is 5.60 Å². The van der Waals surface area contributed by atoms with Gasteiger partial charge in [-0.05, 0) is 37.1 Å². The van der Waals surface area contributed by atoms with Crippen LogP contribution in [0.4, 0.5) is 0 Å². The van der Waals surface area contributed by atoms with Gasteiger partial charge in [0.2, 0.25) is 0 Å². The third-order valence-electron chi connectivity index (χ3n) is 5.57. The molecular formula is C17H24NO+. The number of hydrogen-bond donors (Lipinski definition) is 1. The largest absolute Gasteiger partial charge is 0.375 e. The number of aryl methyl sites for hydroxylation is 2. The summed E-state index contributed by atoms with van der Waals surface area (Å²) >= 11 is 0. The minimum Gasteiger partial charge on any atom is -0.375 e. The second-order valence-electron chi connectivity index (χ2n) is 6.63. The summed E-state index contributed by atoms with van der Waals surface area (Å²) in [6.07, 6.45) is 2.19. The van der Waals surface area contributed by atoms with E-state index >= 15 is 0 Å². The van der Waals surface area contributed by atoms with Crippen LogP contribution in [0.2, 0.25) is 0 Å². The Morgan fingerprint density at radius 1 is 1.21 bits per heavy atom. The second-order valence-corrected chi connectivity index (χ2v) is 6.63. The predicted molar refractivity (Wildman–Crippen MR) is 77.6 cm³/mol. The molecule has 0 amide bonds. The summed E-state index contributed by atoms with van der Waals surface area (Å²) in [6, 6.07) is 6.35. The van der Waals surface area contributed by atoms with Gasteiger partial charge in [-0.3, -0.25) is 4.48 Å². The number of piperidine rings is 3. The van der Waals surface area contributed by atoms with E-state index < -0.39 is 5.60 Å². The highest BCUT2D eigenvalue weighted by atomic mass is 16.3. The molecule has 3 heterocycles. The van der Waals surface area contributed by atoms with Crippen molar-refractivity contribution in [2.75, 3.05) is 20.1 Å². The molecule has 0 aliphatic carbocycles. The summed E-state index contributed by atoms with van der Waals surface area (Å²) in [5.74, 6) is 0.335. The molecule has 3 saturated heterocycles. The topological polar surface area (TPSA) is 20.2 Å². The molecule has 0 saturated carbocycles. The normalized spacial score (nSPS) is 37.7. The van der Waals surface area contributed by atoms with E-state index in [0.29, 0.717) is 5.92 Å². The molecule has 2 bridgehead atoms. The Morgan fingerprint density at radius 3 is 2.42 bits per heavy atom. The molecule has 3 aliphatic heterocycles. The Labute approximate surface area is 116 Å². The number of rotatable bonds is 1. The summed E-state index contributed by atoms with van der Waals surface area (Å²) in [6.45, 7) is 10.7. The second kappa shape index (κ2) is 3.94. The average molecular weight is 258 g/mol. The molecule has 1 aromatic rings. The van der Waals surface area contributed by atoms with Crippen LogP contribution >= 0.6 is 0 Å². The fourth-order valence-electron chi connectivity index (χ4n) is 3.85. The molecular weight excluding hydrogens is 234 g/mol. The van der Waals surface area contributed by atoms with Gasteiger partial charge in [-0.25, -0.2) is 0 Å². The van der Waals surface area contributed by atoms with E-state index in [1.165, 1.54) is 11.1 Å². The van der Waals surface area contributed by atoms with Crippen molar-refractivity contribution in [1.29, 1.82) is 0 Å². The Hall–Kier alpha value is -1.12. The molecule has 0 aromatic heterocycles. The van der Waals surface area contributed by atoms with Crippen LogP contribution in [0.5, 0.6) is 0 Å². The van der Waals surface area contributed by atoms with Gasteiger partial charge in [0.25, 0.3) is 0 Å². The van der Waals surface area contributed by atoms with Gasteiger partial charge in [-0.2, -0.15) is 0 Å². The Balaban J connectivity index is 2.11. The number of aliphatic hydroxyl groups is 1. The lowest BCUT2D eigenvalue weighted by Gasteiger charge is -2.55. The molecule has 0 spiro atoms. The lowest BCUT2D eigenvalue weighted by molar-refractivity contribution is -0.896. The molecule has 1 atom stereocenters. The minimum absolute atomic E-state index is 0.335. The Bertz CT molecular complexity index is 540. The molecule has 0 unspecified atom stereocenters. The SMILES string of the molecule is C=C1[C@@](O)(c2ccc(C)c(C)c2)C2CC[N+]1(C)CC2. The molecule has 2 heteroatoms. The molecule has 0 radical (unpaired) electrons. The van der Waals surface area contributed by atoms with Gasteiger partial charge in [-0.15, -0.1) is 0 Å². The number of benzene rings is 1. The molecule has 1 aromatic carbocycles. The molecule has 19 heavy (non-hydrogen) atoms. The molecule has 1 N–H and O–H groups in total. The Kier molecular flexibility index (Phi) is 2.67. The van der Waals surface area contributed by atoms with Crippen LogP contribution in [0.3, 0.4) is 0 Å².